The second-order valence-corrected chi connectivity index (χ2v) is 3.48. The second kappa shape index (κ2) is 4.47. The Morgan fingerprint density at radius 1 is 1.43 bits per heavy atom. The second-order valence-electron chi connectivity index (χ2n) is 3.22. The summed E-state index contributed by atoms with van der Waals surface area (Å²) in [6.45, 7) is 3.85. The molecule has 1 rings (SSSR count). The predicted octanol–water partition coefficient (Wildman–Crippen LogP) is 2.73. The third-order valence-corrected chi connectivity index (χ3v) is 2.31. The number of carbonyl (C=O) groups excluding carboxylic acids is 1. The van der Waals surface area contributed by atoms with Crippen LogP contribution in [0.3, 0.4) is 0 Å². The number of Topliss-reactive ketones (excluding diaryl/α,β-unsaturated/α-hetero) is 1. The normalized spacial score (nSPS) is 10.0. The standard InChI is InChI=1S/C11H13ClO2/c1-7-4-8(2)11(9(13)6-12)10(5-7)14-3/h4-5H,6H2,1-3H3. The fourth-order valence-corrected chi connectivity index (χ4v) is 1.65. The lowest BCUT2D eigenvalue weighted by Gasteiger charge is -2.10. The molecule has 14 heavy (non-hydrogen) atoms. The monoisotopic (exact) mass is 212 g/mol. The van der Waals surface area contributed by atoms with Crippen LogP contribution in [-0.2, 0) is 0 Å². The van der Waals surface area contributed by atoms with E-state index >= 15 is 0 Å². The van der Waals surface area contributed by atoms with Crippen molar-refractivity contribution in [3.8, 4) is 5.75 Å². The van der Waals surface area contributed by atoms with Gasteiger partial charge in [0.05, 0.1) is 18.6 Å². The number of rotatable bonds is 3. The number of benzene rings is 1. The van der Waals surface area contributed by atoms with Crippen LogP contribution in [0.4, 0.5) is 0 Å². The van der Waals surface area contributed by atoms with E-state index in [1.165, 1.54) is 0 Å². The fraction of sp³-hybridized carbons (Fsp3) is 0.364. The van der Waals surface area contributed by atoms with E-state index in [1.807, 2.05) is 26.0 Å². The average Bonchev–Trinajstić information content (AvgIpc) is 2.15. The lowest BCUT2D eigenvalue weighted by molar-refractivity contribution is 0.101. The number of ether oxygens (including phenoxy) is 1. The summed E-state index contributed by atoms with van der Waals surface area (Å²) in [5.41, 5.74) is 2.58. The van der Waals surface area contributed by atoms with E-state index < -0.39 is 0 Å². The number of hydrogen-bond donors (Lipinski definition) is 0. The van der Waals surface area contributed by atoms with Crippen LogP contribution < -0.4 is 4.74 Å². The summed E-state index contributed by atoms with van der Waals surface area (Å²) in [5.74, 6) is 0.495. The molecule has 1 aromatic rings. The molecule has 1 aromatic carbocycles. The molecule has 0 aromatic heterocycles. The van der Waals surface area contributed by atoms with Crippen molar-refractivity contribution in [3.05, 3.63) is 28.8 Å². The lowest BCUT2D eigenvalue weighted by Crippen LogP contribution is -2.06. The van der Waals surface area contributed by atoms with Gasteiger partial charge in [0.2, 0.25) is 0 Å². The average molecular weight is 213 g/mol. The number of alkyl halides is 1. The van der Waals surface area contributed by atoms with Crippen molar-refractivity contribution in [1.82, 2.24) is 0 Å². The van der Waals surface area contributed by atoms with Crippen LogP contribution in [0.2, 0.25) is 0 Å². The molecule has 0 saturated heterocycles. The van der Waals surface area contributed by atoms with Crippen molar-refractivity contribution in [2.75, 3.05) is 13.0 Å². The molecule has 0 amide bonds. The van der Waals surface area contributed by atoms with Crippen LogP contribution in [0.5, 0.6) is 5.75 Å². The van der Waals surface area contributed by atoms with Crippen molar-refractivity contribution in [3.63, 3.8) is 0 Å². The van der Waals surface area contributed by atoms with E-state index in [4.69, 9.17) is 16.3 Å². The minimum absolute atomic E-state index is 0.0136. The summed E-state index contributed by atoms with van der Waals surface area (Å²) >= 11 is 5.52. The molecular formula is C11H13ClO2. The predicted molar refractivity (Wildman–Crippen MR) is 57.5 cm³/mol. The van der Waals surface area contributed by atoms with Gasteiger partial charge in [-0.3, -0.25) is 4.79 Å². The van der Waals surface area contributed by atoms with Crippen LogP contribution in [0.15, 0.2) is 12.1 Å². The summed E-state index contributed by atoms with van der Waals surface area (Å²) in [6.07, 6.45) is 0. The van der Waals surface area contributed by atoms with Crippen molar-refractivity contribution in [1.29, 1.82) is 0 Å². The van der Waals surface area contributed by atoms with Gasteiger partial charge in [-0.05, 0) is 31.0 Å². The van der Waals surface area contributed by atoms with Gasteiger partial charge in [-0.15, -0.1) is 11.6 Å². The van der Waals surface area contributed by atoms with Gasteiger partial charge in [0.15, 0.2) is 5.78 Å². The van der Waals surface area contributed by atoms with Crippen molar-refractivity contribution in [2.24, 2.45) is 0 Å². The van der Waals surface area contributed by atoms with Gasteiger partial charge in [0, 0.05) is 0 Å². The molecule has 0 heterocycles. The van der Waals surface area contributed by atoms with Gasteiger partial charge in [-0.2, -0.15) is 0 Å². The number of aryl methyl sites for hydroxylation is 2. The van der Waals surface area contributed by atoms with Gasteiger partial charge in [0.25, 0.3) is 0 Å². The fourth-order valence-electron chi connectivity index (χ4n) is 1.51. The molecule has 3 heteroatoms. The summed E-state index contributed by atoms with van der Waals surface area (Å²) in [7, 11) is 1.55. The van der Waals surface area contributed by atoms with Crippen molar-refractivity contribution in [2.45, 2.75) is 13.8 Å². The topological polar surface area (TPSA) is 26.3 Å². The molecule has 0 aliphatic rings. The number of hydrogen-bond acceptors (Lipinski definition) is 2. The third-order valence-electron chi connectivity index (χ3n) is 2.06. The van der Waals surface area contributed by atoms with Crippen LogP contribution in [-0.4, -0.2) is 18.8 Å². The number of ketones is 1. The molecule has 2 nitrogen and oxygen atoms in total. The quantitative estimate of drug-likeness (QED) is 0.569. The van der Waals surface area contributed by atoms with Crippen LogP contribution in [0.1, 0.15) is 21.5 Å². The summed E-state index contributed by atoms with van der Waals surface area (Å²) in [4.78, 5) is 11.5. The number of halogens is 1. The molecule has 0 spiro atoms. The Morgan fingerprint density at radius 3 is 2.57 bits per heavy atom. The van der Waals surface area contributed by atoms with Crippen LogP contribution in [0.25, 0.3) is 0 Å². The van der Waals surface area contributed by atoms with Crippen LogP contribution in [0, 0.1) is 13.8 Å². The first-order valence-corrected chi connectivity index (χ1v) is 4.88. The molecule has 0 atom stereocenters. The Bertz CT molecular complexity index is 359. The molecule has 0 fully saturated rings. The van der Waals surface area contributed by atoms with Gasteiger partial charge >= 0.3 is 0 Å². The molecule has 0 radical (unpaired) electrons. The molecule has 0 bridgehead atoms. The molecule has 0 saturated carbocycles. The Kier molecular flexibility index (Phi) is 3.53. The highest BCUT2D eigenvalue weighted by molar-refractivity contribution is 6.31. The van der Waals surface area contributed by atoms with Crippen molar-refractivity contribution >= 4 is 17.4 Å². The first-order valence-electron chi connectivity index (χ1n) is 4.34. The Hall–Kier alpha value is -1.02. The maximum Gasteiger partial charge on any atom is 0.181 e. The maximum absolute atomic E-state index is 11.5. The summed E-state index contributed by atoms with van der Waals surface area (Å²) in [5, 5.41) is 0. The number of methoxy groups -OCH3 is 1. The van der Waals surface area contributed by atoms with E-state index in [0.717, 1.165) is 11.1 Å². The molecule has 0 aliphatic heterocycles. The van der Waals surface area contributed by atoms with E-state index in [-0.39, 0.29) is 11.7 Å². The van der Waals surface area contributed by atoms with Gasteiger partial charge in [-0.1, -0.05) is 6.07 Å². The van der Waals surface area contributed by atoms with Gasteiger partial charge in [-0.25, -0.2) is 0 Å². The molecule has 0 N–H and O–H groups in total. The van der Waals surface area contributed by atoms with Crippen molar-refractivity contribution < 1.29 is 9.53 Å². The van der Waals surface area contributed by atoms with E-state index in [0.29, 0.717) is 11.3 Å². The lowest BCUT2D eigenvalue weighted by atomic mass is 10.0. The van der Waals surface area contributed by atoms with E-state index in [1.54, 1.807) is 7.11 Å². The molecular weight excluding hydrogens is 200 g/mol. The first-order chi connectivity index (χ1) is 6.60. The van der Waals surface area contributed by atoms with E-state index in [2.05, 4.69) is 0 Å². The Morgan fingerprint density at radius 2 is 2.07 bits per heavy atom. The SMILES string of the molecule is COc1cc(C)cc(C)c1C(=O)CCl. The van der Waals surface area contributed by atoms with Gasteiger partial charge in [0.1, 0.15) is 5.75 Å². The Balaban J connectivity index is 3.32. The van der Waals surface area contributed by atoms with Gasteiger partial charge < -0.3 is 4.74 Å². The van der Waals surface area contributed by atoms with Crippen LogP contribution >= 0.6 is 11.6 Å². The summed E-state index contributed by atoms with van der Waals surface area (Å²) in [6, 6.07) is 3.79. The smallest absolute Gasteiger partial charge is 0.181 e. The van der Waals surface area contributed by atoms with E-state index in [9.17, 15) is 4.79 Å². The largest absolute Gasteiger partial charge is 0.496 e. The zero-order chi connectivity index (χ0) is 10.7. The zero-order valence-corrected chi connectivity index (χ0v) is 9.31. The highest BCUT2D eigenvalue weighted by atomic mass is 35.5. The third kappa shape index (κ3) is 2.07. The zero-order valence-electron chi connectivity index (χ0n) is 8.56. The Labute approximate surface area is 88.8 Å². The minimum Gasteiger partial charge on any atom is -0.496 e. The first kappa shape index (κ1) is 11.1. The summed E-state index contributed by atoms with van der Waals surface area (Å²) < 4.78 is 5.15. The maximum atomic E-state index is 11.5. The highest BCUT2D eigenvalue weighted by Crippen LogP contribution is 2.24. The molecule has 76 valence electrons. The molecule has 0 unspecified atom stereocenters. The number of carbonyl (C=O) groups is 1. The minimum atomic E-state index is -0.0963. The molecule has 0 aliphatic carbocycles. The highest BCUT2D eigenvalue weighted by Gasteiger charge is 2.14.